The molecule has 0 heterocycles. The maximum Gasteiger partial charge on any atom is 0.123 e. The number of nitrogens with zero attached hydrogens (tertiary/aromatic N) is 1. The van der Waals surface area contributed by atoms with E-state index in [-0.39, 0.29) is 17.5 Å². The Bertz CT molecular complexity index is 809. The summed E-state index contributed by atoms with van der Waals surface area (Å²) in [6.45, 7) is 4.04. The summed E-state index contributed by atoms with van der Waals surface area (Å²) in [5, 5.41) is 0. The zero-order valence-electron chi connectivity index (χ0n) is 12.7. The summed E-state index contributed by atoms with van der Waals surface area (Å²) in [4.78, 5) is 1.72. The molecule has 0 saturated carbocycles. The zero-order chi connectivity index (χ0) is 17.1. The first-order valence-electron chi connectivity index (χ1n) is 7.31. The van der Waals surface area contributed by atoms with Crippen LogP contribution in [-0.4, -0.2) is 0 Å². The van der Waals surface area contributed by atoms with Crippen molar-refractivity contribution in [2.24, 2.45) is 0 Å². The van der Waals surface area contributed by atoms with E-state index in [0.717, 1.165) is 0 Å². The second kappa shape index (κ2) is 6.62. The smallest absolute Gasteiger partial charge is 0.123 e. The molecule has 0 aliphatic heterocycles. The van der Waals surface area contributed by atoms with E-state index in [1.807, 2.05) is 0 Å². The van der Waals surface area contributed by atoms with Crippen LogP contribution in [0.4, 0.5) is 24.5 Å². The van der Waals surface area contributed by atoms with Crippen molar-refractivity contribution in [3.63, 3.8) is 0 Å². The lowest BCUT2D eigenvalue weighted by Gasteiger charge is -2.27. The highest BCUT2D eigenvalue weighted by molar-refractivity contribution is 5.86. The molecule has 0 radical (unpaired) electrons. The maximum absolute atomic E-state index is 13.5. The van der Waals surface area contributed by atoms with E-state index in [4.69, 9.17) is 0 Å². The van der Waals surface area contributed by atoms with E-state index in [1.165, 1.54) is 36.4 Å². The molecule has 0 aromatic heterocycles. The molecule has 24 heavy (non-hydrogen) atoms. The van der Waals surface area contributed by atoms with E-state index in [0.29, 0.717) is 22.6 Å². The van der Waals surface area contributed by atoms with Crippen LogP contribution in [0.2, 0.25) is 0 Å². The molecule has 0 fully saturated rings. The fourth-order valence-corrected chi connectivity index (χ4v) is 2.44. The van der Waals surface area contributed by atoms with Crippen LogP contribution in [-0.2, 0) is 0 Å². The van der Waals surface area contributed by atoms with Gasteiger partial charge in [0.25, 0.3) is 0 Å². The third-order valence-corrected chi connectivity index (χ3v) is 3.60. The van der Waals surface area contributed by atoms with Gasteiger partial charge in [0.15, 0.2) is 0 Å². The number of hydrogen-bond donors (Lipinski definition) is 0. The summed E-state index contributed by atoms with van der Waals surface area (Å²) in [5.41, 5.74) is 2.34. The molecular formula is C20H14F3N. The van der Waals surface area contributed by atoms with Gasteiger partial charge in [0, 0.05) is 22.6 Å². The summed E-state index contributed by atoms with van der Waals surface area (Å²) in [6.07, 6.45) is 0. The number of anilines is 2. The van der Waals surface area contributed by atoms with Crippen molar-refractivity contribution in [1.29, 1.82) is 0 Å². The quantitative estimate of drug-likeness (QED) is 0.576. The Labute approximate surface area is 138 Å². The standard InChI is InChI=1S/C20H14F3N/c1-14(15-3-2-4-18(23)13-15)24(19-9-5-16(21)6-10-19)20-11-7-17(22)8-12-20/h2-13H,1H2. The summed E-state index contributed by atoms with van der Waals surface area (Å²) >= 11 is 0. The zero-order valence-corrected chi connectivity index (χ0v) is 12.7. The lowest BCUT2D eigenvalue weighted by atomic mass is 10.1. The Kier molecular flexibility index (Phi) is 4.38. The van der Waals surface area contributed by atoms with Crippen LogP contribution in [0.3, 0.4) is 0 Å². The lowest BCUT2D eigenvalue weighted by Crippen LogP contribution is -2.14. The molecule has 0 atom stereocenters. The SMILES string of the molecule is C=C(c1cccc(F)c1)N(c1ccc(F)cc1)c1ccc(F)cc1. The molecular weight excluding hydrogens is 311 g/mol. The molecule has 0 saturated heterocycles. The largest absolute Gasteiger partial charge is 0.310 e. The van der Waals surface area contributed by atoms with Crippen LogP contribution >= 0.6 is 0 Å². The van der Waals surface area contributed by atoms with Crippen LogP contribution in [0, 0.1) is 17.5 Å². The van der Waals surface area contributed by atoms with Gasteiger partial charge in [-0.1, -0.05) is 18.7 Å². The minimum Gasteiger partial charge on any atom is -0.310 e. The van der Waals surface area contributed by atoms with Gasteiger partial charge in [0.05, 0.1) is 0 Å². The molecule has 0 amide bonds. The maximum atomic E-state index is 13.5. The first-order valence-corrected chi connectivity index (χ1v) is 7.31. The molecule has 0 aliphatic carbocycles. The molecule has 1 nitrogen and oxygen atoms in total. The Morgan fingerprint density at radius 3 is 1.62 bits per heavy atom. The van der Waals surface area contributed by atoms with Gasteiger partial charge in [-0.05, 0) is 60.7 Å². The molecule has 3 aromatic carbocycles. The summed E-state index contributed by atoms with van der Waals surface area (Å²) < 4.78 is 40.0. The Balaban J connectivity index is 2.09. The molecule has 0 bridgehead atoms. The molecule has 0 N–H and O–H groups in total. The van der Waals surface area contributed by atoms with E-state index in [9.17, 15) is 13.2 Å². The number of hydrogen-bond acceptors (Lipinski definition) is 1. The predicted molar refractivity (Wildman–Crippen MR) is 90.4 cm³/mol. The van der Waals surface area contributed by atoms with E-state index in [1.54, 1.807) is 41.3 Å². The van der Waals surface area contributed by atoms with Crippen LogP contribution in [0.25, 0.3) is 5.70 Å². The van der Waals surface area contributed by atoms with Gasteiger partial charge < -0.3 is 4.90 Å². The summed E-state index contributed by atoms with van der Waals surface area (Å²) in [7, 11) is 0. The molecule has 120 valence electrons. The van der Waals surface area contributed by atoms with Crippen molar-refractivity contribution in [2.45, 2.75) is 0 Å². The van der Waals surface area contributed by atoms with Crippen LogP contribution in [0.15, 0.2) is 79.4 Å². The highest BCUT2D eigenvalue weighted by atomic mass is 19.1. The van der Waals surface area contributed by atoms with Crippen LogP contribution in [0.5, 0.6) is 0 Å². The first-order chi connectivity index (χ1) is 11.5. The lowest BCUT2D eigenvalue weighted by molar-refractivity contribution is 0.627. The average molecular weight is 325 g/mol. The molecule has 0 unspecified atom stereocenters. The summed E-state index contributed by atoms with van der Waals surface area (Å²) in [5.74, 6) is -1.12. The van der Waals surface area contributed by atoms with Crippen molar-refractivity contribution in [1.82, 2.24) is 0 Å². The van der Waals surface area contributed by atoms with Gasteiger partial charge in [-0.3, -0.25) is 0 Å². The second-order valence-corrected chi connectivity index (χ2v) is 5.25. The van der Waals surface area contributed by atoms with Gasteiger partial charge in [0.1, 0.15) is 17.5 Å². The van der Waals surface area contributed by atoms with Crippen molar-refractivity contribution < 1.29 is 13.2 Å². The monoisotopic (exact) mass is 325 g/mol. The molecule has 4 heteroatoms. The molecule has 3 rings (SSSR count). The highest BCUT2D eigenvalue weighted by Gasteiger charge is 2.15. The number of rotatable bonds is 4. The molecule has 0 spiro atoms. The first kappa shape index (κ1) is 15.9. The fraction of sp³-hybridized carbons (Fsp3) is 0. The van der Waals surface area contributed by atoms with Crippen molar-refractivity contribution in [2.75, 3.05) is 4.90 Å². The summed E-state index contributed by atoms with van der Waals surface area (Å²) in [6, 6.07) is 17.7. The number of halogens is 3. The van der Waals surface area contributed by atoms with Crippen molar-refractivity contribution in [3.05, 3.63) is 102 Å². The van der Waals surface area contributed by atoms with Crippen LogP contribution < -0.4 is 4.90 Å². The molecule has 0 aliphatic rings. The van der Waals surface area contributed by atoms with Crippen molar-refractivity contribution in [3.8, 4) is 0 Å². The van der Waals surface area contributed by atoms with Gasteiger partial charge in [-0.2, -0.15) is 0 Å². The highest BCUT2D eigenvalue weighted by Crippen LogP contribution is 2.33. The van der Waals surface area contributed by atoms with Crippen molar-refractivity contribution >= 4 is 17.1 Å². The number of benzene rings is 3. The van der Waals surface area contributed by atoms with E-state index < -0.39 is 0 Å². The minimum absolute atomic E-state index is 0.367. The van der Waals surface area contributed by atoms with Gasteiger partial charge in [-0.15, -0.1) is 0 Å². The molecule has 3 aromatic rings. The Morgan fingerprint density at radius 1 is 0.667 bits per heavy atom. The topological polar surface area (TPSA) is 3.24 Å². The third-order valence-electron chi connectivity index (χ3n) is 3.60. The van der Waals surface area contributed by atoms with E-state index >= 15 is 0 Å². The minimum atomic E-state index is -0.383. The predicted octanol–water partition coefficient (Wildman–Crippen LogP) is 5.91. The average Bonchev–Trinajstić information content (AvgIpc) is 2.58. The Morgan fingerprint density at radius 2 is 1.17 bits per heavy atom. The van der Waals surface area contributed by atoms with Crippen LogP contribution in [0.1, 0.15) is 5.56 Å². The third kappa shape index (κ3) is 3.33. The Hall–Kier alpha value is -3.01. The van der Waals surface area contributed by atoms with Gasteiger partial charge >= 0.3 is 0 Å². The fourth-order valence-electron chi connectivity index (χ4n) is 2.44. The normalized spacial score (nSPS) is 10.5. The second-order valence-electron chi connectivity index (χ2n) is 5.25. The van der Waals surface area contributed by atoms with E-state index in [2.05, 4.69) is 6.58 Å². The van der Waals surface area contributed by atoms with Gasteiger partial charge in [0.2, 0.25) is 0 Å². The van der Waals surface area contributed by atoms with Gasteiger partial charge in [-0.25, -0.2) is 13.2 Å².